The third-order valence-corrected chi connectivity index (χ3v) is 4.53. The average molecular weight is 341 g/mol. The van der Waals surface area contributed by atoms with Gasteiger partial charge in [-0.2, -0.15) is 16.3 Å². The lowest BCUT2D eigenvalue weighted by Crippen LogP contribution is -2.27. The molecule has 0 aliphatic rings. The summed E-state index contributed by atoms with van der Waals surface area (Å²) in [4.78, 5) is 16.5. The summed E-state index contributed by atoms with van der Waals surface area (Å²) in [5.41, 5.74) is 3.23. The first-order valence-corrected chi connectivity index (χ1v) is 8.78. The molecule has 2 aromatic heterocycles. The topological polar surface area (TPSA) is 68.0 Å². The van der Waals surface area contributed by atoms with Gasteiger partial charge >= 0.3 is 0 Å². The maximum atomic E-state index is 12.1. The SMILES string of the molecule is Cc1ccccc1[C@H](C)NC(=O)CCc1nc(-c2ccsc2)no1. The number of carbonyl (C=O) groups is 1. The zero-order valence-electron chi connectivity index (χ0n) is 13.7. The Kier molecular flexibility index (Phi) is 5.05. The lowest BCUT2D eigenvalue weighted by Gasteiger charge is -2.16. The van der Waals surface area contributed by atoms with Gasteiger partial charge in [0.2, 0.25) is 17.6 Å². The highest BCUT2D eigenvalue weighted by Gasteiger charge is 2.14. The van der Waals surface area contributed by atoms with Crippen LogP contribution < -0.4 is 5.32 Å². The van der Waals surface area contributed by atoms with E-state index in [1.54, 1.807) is 11.3 Å². The highest BCUT2D eigenvalue weighted by molar-refractivity contribution is 7.08. The van der Waals surface area contributed by atoms with E-state index >= 15 is 0 Å². The monoisotopic (exact) mass is 341 g/mol. The Morgan fingerprint density at radius 3 is 2.92 bits per heavy atom. The Bertz CT molecular complexity index is 811. The number of amides is 1. The van der Waals surface area contributed by atoms with E-state index in [0.717, 1.165) is 11.1 Å². The van der Waals surface area contributed by atoms with Crippen molar-refractivity contribution in [2.75, 3.05) is 0 Å². The molecule has 1 atom stereocenters. The summed E-state index contributed by atoms with van der Waals surface area (Å²) in [5.74, 6) is 1.02. The minimum atomic E-state index is -0.0268. The molecule has 0 fully saturated rings. The van der Waals surface area contributed by atoms with Gasteiger partial charge in [0.05, 0.1) is 6.04 Å². The van der Waals surface area contributed by atoms with Crippen molar-refractivity contribution in [2.45, 2.75) is 32.7 Å². The molecular weight excluding hydrogens is 322 g/mol. The molecule has 0 radical (unpaired) electrons. The van der Waals surface area contributed by atoms with Gasteiger partial charge in [-0.1, -0.05) is 29.4 Å². The molecule has 0 aliphatic carbocycles. The number of nitrogens with one attached hydrogen (secondary N) is 1. The summed E-state index contributed by atoms with van der Waals surface area (Å²) < 4.78 is 5.21. The minimum Gasteiger partial charge on any atom is -0.350 e. The second kappa shape index (κ2) is 7.40. The van der Waals surface area contributed by atoms with Gasteiger partial charge in [0.1, 0.15) is 0 Å². The molecule has 24 heavy (non-hydrogen) atoms. The molecule has 3 rings (SSSR count). The molecule has 0 unspecified atom stereocenters. The van der Waals surface area contributed by atoms with Crippen molar-refractivity contribution < 1.29 is 9.32 Å². The average Bonchev–Trinajstić information content (AvgIpc) is 3.24. The third-order valence-electron chi connectivity index (χ3n) is 3.85. The highest BCUT2D eigenvalue weighted by Crippen LogP contribution is 2.19. The Hall–Kier alpha value is -2.47. The highest BCUT2D eigenvalue weighted by atomic mass is 32.1. The second-order valence-corrected chi connectivity index (χ2v) is 6.45. The van der Waals surface area contributed by atoms with E-state index in [1.165, 1.54) is 5.56 Å². The van der Waals surface area contributed by atoms with Crippen LogP contribution in [0.4, 0.5) is 0 Å². The normalized spacial score (nSPS) is 12.1. The van der Waals surface area contributed by atoms with Gasteiger partial charge in [0, 0.05) is 23.8 Å². The molecule has 1 amide bonds. The number of hydrogen-bond acceptors (Lipinski definition) is 5. The van der Waals surface area contributed by atoms with Gasteiger partial charge in [-0.25, -0.2) is 0 Å². The quantitative estimate of drug-likeness (QED) is 0.738. The van der Waals surface area contributed by atoms with Crippen LogP contribution in [0.25, 0.3) is 11.4 Å². The number of carbonyl (C=O) groups excluding carboxylic acids is 1. The zero-order valence-corrected chi connectivity index (χ0v) is 14.5. The molecule has 0 spiro atoms. The molecule has 3 aromatic rings. The molecule has 0 bridgehead atoms. The van der Waals surface area contributed by atoms with E-state index < -0.39 is 0 Å². The van der Waals surface area contributed by atoms with Crippen molar-refractivity contribution in [3.05, 3.63) is 58.1 Å². The molecule has 0 saturated heterocycles. The molecule has 5 nitrogen and oxygen atoms in total. The molecule has 0 saturated carbocycles. The van der Waals surface area contributed by atoms with Crippen LogP contribution in [-0.2, 0) is 11.2 Å². The maximum absolute atomic E-state index is 12.1. The minimum absolute atomic E-state index is 0.0252. The van der Waals surface area contributed by atoms with E-state index in [-0.39, 0.29) is 11.9 Å². The summed E-state index contributed by atoms with van der Waals surface area (Å²) in [6.07, 6.45) is 0.755. The van der Waals surface area contributed by atoms with Gasteiger partial charge < -0.3 is 9.84 Å². The molecule has 124 valence electrons. The van der Waals surface area contributed by atoms with Crippen molar-refractivity contribution in [3.63, 3.8) is 0 Å². The number of aryl methyl sites for hydroxylation is 2. The third kappa shape index (κ3) is 3.89. The largest absolute Gasteiger partial charge is 0.350 e. The number of aromatic nitrogens is 2. The standard InChI is InChI=1S/C18H19N3O2S/c1-12-5-3-4-6-15(12)13(2)19-16(22)7-8-17-20-18(21-23-17)14-9-10-24-11-14/h3-6,9-11,13H,7-8H2,1-2H3,(H,19,22)/t13-/m0/s1. The van der Waals surface area contributed by atoms with E-state index in [4.69, 9.17) is 4.52 Å². The predicted molar refractivity (Wildman–Crippen MR) is 93.7 cm³/mol. The van der Waals surface area contributed by atoms with Crippen molar-refractivity contribution in [1.82, 2.24) is 15.5 Å². The van der Waals surface area contributed by atoms with Gasteiger partial charge in [-0.05, 0) is 36.4 Å². The van der Waals surface area contributed by atoms with Crippen molar-refractivity contribution in [2.24, 2.45) is 0 Å². The lowest BCUT2D eigenvalue weighted by molar-refractivity contribution is -0.121. The van der Waals surface area contributed by atoms with E-state index in [9.17, 15) is 4.79 Å². The first kappa shape index (κ1) is 16.4. The van der Waals surface area contributed by atoms with E-state index in [2.05, 4.69) is 15.5 Å². The second-order valence-electron chi connectivity index (χ2n) is 5.67. The van der Waals surface area contributed by atoms with Gasteiger partial charge in [0.25, 0.3) is 0 Å². The predicted octanol–water partition coefficient (Wildman–Crippen LogP) is 3.92. The van der Waals surface area contributed by atoms with Gasteiger partial charge in [-0.3, -0.25) is 4.79 Å². The lowest BCUT2D eigenvalue weighted by atomic mass is 10.0. The summed E-state index contributed by atoms with van der Waals surface area (Å²) >= 11 is 1.58. The summed E-state index contributed by atoms with van der Waals surface area (Å²) in [7, 11) is 0. The van der Waals surface area contributed by atoms with E-state index in [1.807, 2.05) is 54.9 Å². The van der Waals surface area contributed by atoms with Crippen LogP contribution in [0, 0.1) is 6.92 Å². The first-order valence-electron chi connectivity index (χ1n) is 7.83. The Morgan fingerprint density at radius 2 is 2.17 bits per heavy atom. The fourth-order valence-electron chi connectivity index (χ4n) is 2.55. The van der Waals surface area contributed by atoms with Crippen LogP contribution in [0.1, 0.15) is 36.4 Å². The van der Waals surface area contributed by atoms with Gasteiger partial charge in [0.15, 0.2) is 0 Å². The summed E-state index contributed by atoms with van der Waals surface area (Å²) in [6, 6.07) is 9.97. The molecular formula is C18H19N3O2S. The van der Waals surface area contributed by atoms with Crippen LogP contribution in [0.5, 0.6) is 0 Å². The number of hydrogen-bond donors (Lipinski definition) is 1. The fourth-order valence-corrected chi connectivity index (χ4v) is 3.18. The Balaban J connectivity index is 1.53. The molecule has 1 aromatic carbocycles. The van der Waals surface area contributed by atoms with E-state index in [0.29, 0.717) is 24.6 Å². The Morgan fingerprint density at radius 1 is 1.33 bits per heavy atom. The van der Waals surface area contributed by atoms with Crippen LogP contribution in [0.3, 0.4) is 0 Å². The first-order chi connectivity index (χ1) is 11.6. The number of benzene rings is 1. The molecule has 0 aliphatic heterocycles. The number of rotatable bonds is 6. The van der Waals surface area contributed by atoms with Crippen molar-refractivity contribution >= 4 is 17.2 Å². The smallest absolute Gasteiger partial charge is 0.227 e. The number of thiophene rings is 1. The maximum Gasteiger partial charge on any atom is 0.227 e. The summed E-state index contributed by atoms with van der Waals surface area (Å²) in [6.45, 7) is 4.03. The van der Waals surface area contributed by atoms with Crippen LogP contribution in [-0.4, -0.2) is 16.0 Å². The molecule has 1 N–H and O–H groups in total. The van der Waals surface area contributed by atoms with Crippen LogP contribution >= 0.6 is 11.3 Å². The fraction of sp³-hybridized carbons (Fsp3) is 0.278. The summed E-state index contributed by atoms with van der Waals surface area (Å²) in [5, 5.41) is 10.9. The van der Waals surface area contributed by atoms with Crippen molar-refractivity contribution in [3.8, 4) is 11.4 Å². The zero-order chi connectivity index (χ0) is 16.9. The Labute approximate surface area is 144 Å². The van der Waals surface area contributed by atoms with Crippen LogP contribution in [0.2, 0.25) is 0 Å². The van der Waals surface area contributed by atoms with Gasteiger partial charge in [-0.15, -0.1) is 0 Å². The molecule has 6 heteroatoms. The van der Waals surface area contributed by atoms with Crippen LogP contribution in [0.15, 0.2) is 45.6 Å². The number of nitrogens with zero attached hydrogens (tertiary/aromatic N) is 2. The van der Waals surface area contributed by atoms with Crippen molar-refractivity contribution in [1.29, 1.82) is 0 Å². The molecule has 2 heterocycles.